The third-order valence-corrected chi connectivity index (χ3v) is 8.35. The highest BCUT2D eigenvalue weighted by Crippen LogP contribution is 2.16. The summed E-state index contributed by atoms with van der Waals surface area (Å²) in [6.45, 7) is 5.96. The number of primary amides is 1. The number of nitrogens with two attached hydrogens (primary N) is 1. The molecule has 6 N–H and O–H groups in total. The summed E-state index contributed by atoms with van der Waals surface area (Å²) in [6.07, 6.45) is 1.56. The van der Waals surface area contributed by atoms with Crippen molar-refractivity contribution in [1.82, 2.24) is 25.8 Å². The lowest BCUT2D eigenvalue weighted by Gasteiger charge is -2.34. The summed E-state index contributed by atoms with van der Waals surface area (Å²) in [6, 6.07) is 11.0. The molecule has 50 heavy (non-hydrogen) atoms. The van der Waals surface area contributed by atoms with Crippen LogP contribution in [0.25, 0.3) is 0 Å². The number of hydrogen-bond donors (Lipinski definition) is 5. The van der Waals surface area contributed by atoms with Crippen LogP contribution < -0.4 is 21.7 Å². The third kappa shape index (κ3) is 13.6. The van der Waals surface area contributed by atoms with Gasteiger partial charge in [-0.25, -0.2) is 4.79 Å². The molecule has 2 aromatic rings. The van der Waals surface area contributed by atoms with Gasteiger partial charge in [-0.3, -0.25) is 24.0 Å². The Bertz CT molecular complexity index is 1470. The average molecular weight is 715 g/mol. The Labute approximate surface area is 297 Å². The zero-order valence-electron chi connectivity index (χ0n) is 29.7. The summed E-state index contributed by atoms with van der Waals surface area (Å²) in [5, 5.41) is 17.2. The highest BCUT2D eigenvalue weighted by Gasteiger charge is 2.34. The standard InChI is InChI=1S/C35H50N6O8S/c1-22(38-32(46)26(39-34(48)49-35(2,3)4)19-24-13-15-25(42)16-14-24)31(45)37-21-29(43)40(5)28(20-23-11-9-8-10-12-23)33(47)41(6)27(30(36)44)17-18-50-7/h8-16,22,26-28,42H,17-21H2,1-7H3,(H2,36,44)(H,37,45)(H,38,46)(H,39,48)/t22-,26+,27+,28+/m1/s1. The molecule has 0 aliphatic heterocycles. The number of hydrogen-bond acceptors (Lipinski definition) is 9. The SMILES string of the molecule is CSCC[C@@H](C(N)=O)N(C)C(=O)[C@H](Cc1ccccc1)N(C)C(=O)CNC(=O)[C@@H](C)NC(=O)[C@H](Cc1ccc(O)cc1)NC(=O)OC(C)(C)C. The van der Waals surface area contributed by atoms with Gasteiger partial charge in [-0.2, -0.15) is 11.8 Å². The summed E-state index contributed by atoms with van der Waals surface area (Å²) in [5.41, 5.74) is 6.20. The minimum absolute atomic E-state index is 0.0299. The van der Waals surface area contributed by atoms with Crippen LogP contribution in [0.15, 0.2) is 54.6 Å². The van der Waals surface area contributed by atoms with E-state index in [2.05, 4.69) is 16.0 Å². The van der Waals surface area contributed by atoms with Crippen LogP contribution in [-0.4, -0.2) is 113 Å². The summed E-state index contributed by atoms with van der Waals surface area (Å²) >= 11 is 1.51. The number of benzene rings is 2. The first-order chi connectivity index (χ1) is 23.4. The van der Waals surface area contributed by atoms with E-state index in [1.807, 2.05) is 24.5 Å². The summed E-state index contributed by atoms with van der Waals surface area (Å²) in [5.74, 6) is -2.47. The highest BCUT2D eigenvalue weighted by molar-refractivity contribution is 7.98. The Morgan fingerprint density at radius 2 is 1.46 bits per heavy atom. The van der Waals surface area contributed by atoms with Gasteiger partial charge in [-0.15, -0.1) is 0 Å². The van der Waals surface area contributed by atoms with Gasteiger partial charge in [0.1, 0.15) is 35.5 Å². The van der Waals surface area contributed by atoms with E-state index in [0.29, 0.717) is 17.7 Å². The molecule has 0 saturated carbocycles. The fourth-order valence-electron chi connectivity index (χ4n) is 4.89. The number of phenolic OH excluding ortho intramolecular Hbond substituents is 1. The number of nitrogens with zero attached hydrogens (tertiary/aromatic N) is 2. The number of alkyl carbamates (subject to hydrolysis) is 1. The number of carbonyl (C=O) groups excluding carboxylic acids is 6. The molecule has 2 aromatic carbocycles. The largest absolute Gasteiger partial charge is 0.508 e. The van der Waals surface area contributed by atoms with Gasteiger partial charge >= 0.3 is 6.09 Å². The molecule has 0 aliphatic carbocycles. The first-order valence-electron chi connectivity index (χ1n) is 16.1. The molecule has 0 spiro atoms. The van der Waals surface area contributed by atoms with Crippen LogP contribution in [0, 0.1) is 0 Å². The van der Waals surface area contributed by atoms with E-state index in [9.17, 15) is 33.9 Å². The highest BCUT2D eigenvalue weighted by atomic mass is 32.2. The number of thioether (sulfide) groups is 1. The lowest BCUT2D eigenvalue weighted by Crippen LogP contribution is -2.57. The number of ether oxygens (including phenoxy) is 1. The molecule has 0 saturated heterocycles. The monoisotopic (exact) mass is 714 g/mol. The van der Waals surface area contributed by atoms with E-state index in [1.54, 1.807) is 45.0 Å². The Balaban J connectivity index is 2.14. The van der Waals surface area contributed by atoms with E-state index in [-0.39, 0.29) is 18.6 Å². The molecule has 2 rings (SSSR count). The molecule has 0 radical (unpaired) electrons. The number of likely N-dealkylation sites (N-methyl/N-ethyl adjacent to an activating group) is 2. The Kier molecular flexibility index (Phi) is 16.1. The maximum absolute atomic E-state index is 13.8. The third-order valence-electron chi connectivity index (χ3n) is 7.71. The smallest absolute Gasteiger partial charge is 0.408 e. The molecule has 0 unspecified atom stereocenters. The number of amides is 6. The van der Waals surface area contributed by atoms with Gasteiger partial charge in [0.2, 0.25) is 29.5 Å². The summed E-state index contributed by atoms with van der Waals surface area (Å²) < 4.78 is 5.30. The van der Waals surface area contributed by atoms with Crippen molar-refractivity contribution in [2.45, 2.75) is 76.7 Å². The second-order valence-corrected chi connectivity index (χ2v) is 13.9. The summed E-state index contributed by atoms with van der Waals surface area (Å²) in [4.78, 5) is 80.7. The zero-order valence-corrected chi connectivity index (χ0v) is 30.5. The van der Waals surface area contributed by atoms with Crippen LogP contribution in [0.4, 0.5) is 4.79 Å². The number of rotatable bonds is 17. The number of nitrogens with one attached hydrogen (secondary N) is 3. The van der Waals surface area contributed by atoms with Crippen LogP contribution >= 0.6 is 11.8 Å². The molecule has 0 aliphatic rings. The molecular weight excluding hydrogens is 664 g/mol. The number of aromatic hydroxyl groups is 1. The molecule has 0 bridgehead atoms. The van der Waals surface area contributed by atoms with E-state index in [4.69, 9.17) is 10.5 Å². The first kappa shape index (κ1) is 41.4. The predicted molar refractivity (Wildman–Crippen MR) is 191 cm³/mol. The Morgan fingerprint density at radius 3 is 2.02 bits per heavy atom. The average Bonchev–Trinajstić information content (AvgIpc) is 3.05. The minimum atomic E-state index is -1.14. The molecule has 6 amide bonds. The van der Waals surface area contributed by atoms with Crippen LogP contribution in [0.3, 0.4) is 0 Å². The van der Waals surface area contributed by atoms with Crippen molar-refractivity contribution in [3.8, 4) is 5.75 Å². The zero-order chi connectivity index (χ0) is 37.6. The van der Waals surface area contributed by atoms with Crippen molar-refractivity contribution < 1.29 is 38.6 Å². The minimum Gasteiger partial charge on any atom is -0.508 e. The van der Waals surface area contributed by atoms with Crippen molar-refractivity contribution in [3.05, 3.63) is 65.7 Å². The molecule has 0 fully saturated rings. The first-order valence-corrected chi connectivity index (χ1v) is 17.5. The summed E-state index contributed by atoms with van der Waals surface area (Å²) in [7, 11) is 2.92. The number of phenols is 1. The molecule has 14 nitrogen and oxygen atoms in total. The van der Waals surface area contributed by atoms with Gasteiger partial charge in [-0.1, -0.05) is 42.5 Å². The van der Waals surface area contributed by atoms with Crippen LogP contribution in [-0.2, 0) is 41.6 Å². The van der Waals surface area contributed by atoms with Gasteiger partial charge in [0.15, 0.2) is 0 Å². The van der Waals surface area contributed by atoms with Gasteiger partial charge in [0.05, 0.1) is 6.54 Å². The maximum Gasteiger partial charge on any atom is 0.408 e. The van der Waals surface area contributed by atoms with Crippen LogP contribution in [0.1, 0.15) is 45.2 Å². The Hall–Kier alpha value is -4.79. The van der Waals surface area contributed by atoms with Gasteiger partial charge in [0.25, 0.3) is 0 Å². The van der Waals surface area contributed by atoms with Gasteiger partial charge in [-0.05, 0) is 69.4 Å². The van der Waals surface area contributed by atoms with Crippen molar-refractivity contribution in [1.29, 1.82) is 0 Å². The quantitative estimate of drug-likeness (QED) is 0.161. The van der Waals surface area contributed by atoms with Gasteiger partial charge in [0, 0.05) is 26.9 Å². The molecule has 0 aromatic heterocycles. The van der Waals surface area contributed by atoms with E-state index >= 15 is 0 Å². The van der Waals surface area contributed by atoms with Crippen molar-refractivity contribution >= 4 is 47.4 Å². The van der Waals surface area contributed by atoms with Crippen molar-refractivity contribution in [3.63, 3.8) is 0 Å². The second-order valence-electron chi connectivity index (χ2n) is 12.9. The fraction of sp³-hybridized carbons (Fsp3) is 0.486. The topological polar surface area (TPSA) is 200 Å². The van der Waals surface area contributed by atoms with Crippen LogP contribution in [0.2, 0.25) is 0 Å². The maximum atomic E-state index is 13.8. The van der Waals surface area contributed by atoms with E-state index in [0.717, 1.165) is 5.56 Å². The van der Waals surface area contributed by atoms with Gasteiger partial charge < -0.3 is 41.3 Å². The molecule has 4 atom stereocenters. The second kappa shape index (κ2) is 19.4. The van der Waals surface area contributed by atoms with E-state index < -0.39 is 71.9 Å². The van der Waals surface area contributed by atoms with Crippen molar-refractivity contribution in [2.75, 3.05) is 32.6 Å². The van der Waals surface area contributed by atoms with E-state index in [1.165, 1.54) is 54.7 Å². The lowest BCUT2D eigenvalue weighted by molar-refractivity contribution is -0.147. The predicted octanol–water partition coefficient (Wildman–Crippen LogP) is 1.58. The van der Waals surface area contributed by atoms with Crippen LogP contribution in [0.5, 0.6) is 5.75 Å². The molecule has 274 valence electrons. The Morgan fingerprint density at radius 1 is 0.860 bits per heavy atom. The molecule has 15 heteroatoms. The normalized spacial score (nSPS) is 13.5. The lowest BCUT2D eigenvalue weighted by atomic mass is 10.0. The molecular formula is C35H50N6O8S. The van der Waals surface area contributed by atoms with Crippen molar-refractivity contribution in [2.24, 2.45) is 5.73 Å². The molecule has 0 heterocycles. The fourth-order valence-corrected chi connectivity index (χ4v) is 5.35. The number of carbonyl (C=O) groups is 6.